The number of hydrogen-bond acceptors (Lipinski definition) is 5. The van der Waals surface area contributed by atoms with Crippen LogP contribution in [0.1, 0.15) is 29.8 Å². The van der Waals surface area contributed by atoms with Crippen LogP contribution in [-0.2, 0) is 6.54 Å². The molecule has 32 heavy (non-hydrogen) atoms. The second kappa shape index (κ2) is 9.61. The molecule has 1 fully saturated rings. The van der Waals surface area contributed by atoms with E-state index in [0.29, 0.717) is 24.1 Å². The standard InChI is InChI=1S/C25H31FN4O2/c1-17-12-18(2)30(28-17)23-9-7-20(26)13-19(23)15-29-11-5-6-22(16-29)27-21-8-10-24(31-3)25(14-21)32-4/h7-10,12-14,22,27H,5-6,11,15-16H2,1-4H3. The van der Waals surface area contributed by atoms with Crippen molar-refractivity contribution in [2.75, 3.05) is 32.6 Å². The van der Waals surface area contributed by atoms with E-state index in [4.69, 9.17) is 9.47 Å². The van der Waals surface area contributed by atoms with Crippen LogP contribution in [0.15, 0.2) is 42.5 Å². The fourth-order valence-corrected chi connectivity index (χ4v) is 4.48. The Balaban J connectivity index is 1.49. The van der Waals surface area contributed by atoms with Crippen LogP contribution in [0.3, 0.4) is 0 Å². The van der Waals surface area contributed by atoms with Crippen molar-refractivity contribution in [3.05, 3.63) is 65.2 Å². The number of nitrogens with one attached hydrogen (secondary N) is 1. The van der Waals surface area contributed by atoms with Crippen LogP contribution in [-0.4, -0.2) is 48.0 Å². The van der Waals surface area contributed by atoms with Crippen molar-refractivity contribution in [2.24, 2.45) is 0 Å². The van der Waals surface area contributed by atoms with Gasteiger partial charge in [-0.3, -0.25) is 4.90 Å². The summed E-state index contributed by atoms with van der Waals surface area (Å²) < 4.78 is 26.8. The van der Waals surface area contributed by atoms with Gasteiger partial charge in [0.2, 0.25) is 0 Å². The molecule has 1 aliphatic rings. The molecule has 3 aromatic rings. The molecule has 0 radical (unpaired) electrons. The first kappa shape index (κ1) is 22.1. The maximum atomic E-state index is 14.1. The molecule has 6 nitrogen and oxygen atoms in total. The van der Waals surface area contributed by atoms with E-state index in [9.17, 15) is 4.39 Å². The smallest absolute Gasteiger partial charge is 0.162 e. The molecule has 170 valence electrons. The molecule has 7 heteroatoms. The SMILES string of the molecule is COc1ccc(NC2CCCN(Cc3cc(F)ccc3-n3nc(C)cc3C)C2)cc1OC. The Bertz CT molecular complexity index is 1080. The van der Waals surface area contributed by atoms with Crippen LogP contribution in [0.2, 0.25) is 0 Å². The Morgan fingerprint density at radius 2 is 1.88 bits per heavy atom. The van der Waals surface area contributed by atoms with Gasteiger partial charge in [-0.2, -0.15) is 5.10 Å². The molecule has 1 N–H and O–H groups in total. The Morgan fingerprint density at radius 3 is 2.59 bits per heavy atom. The number of nitrogens with zero attached hydrogens (tertiary/aromatic N) is 3. The number of piperidine rings is 1. The minimum absolute atomic E-state index is 0.220. The highest BCUT2D eigenvalue weighted by Crippen LogP contribution is 2.31. The first-order valence-corrected chi connectivity index (χ1v) is 11.0. The van der Waals surface area contributed by atoms with Crippen molar-refractivity contribution in [1.29, 1.82) is 0 Å². The highest BCUT2D eigenvalue weighted by molar-refractivity contribution is 5.55. The summed E-state index contributed by atoms with van der Waals surface area (Å²) in [6.45, 7) is 6.53. The molecule has 0 aliphatic carbocycles. The third-order valence-corrected chi connectivity index (χ3v) is 5.93. The molecule has 0 bridgehead atoms. The summed E-state index contributed by atoms with van der Waals surface area (Å²) in [5.41, 5.74) is 4.88. The fourth-order valence-electron chi connectivity index (χ4n) is 4.48. The Hall–Kier alpha value is -3.06. The van der Waals surface area contributed by atoms with Gasteiger partial charge in [0.15, 0.2) is 11.5 Å². The minimum atomic E-state index is -0.220. The molecule has 1 unspecified atom stereocenters. The van der Waals surface area contributed by atoms with E-state index in [1.807, 2.05) is 48.9 Å². The second-order valence-electron chi connectivity index (χ2n) is 8.40. The lowest BCUT2D eigenvalue weighted by Gasteiger charge is -2.34. The van der Waals surface area contributed by atoms with Crippen molar-refractivity contribution in [1.82, 2.24) is 14.7 Å². The highest BCUT2D eigenvalue weighted by Gasteiger charge is 2.22. The number of aryl methyl sites for hydroxylation is 2. The Morgan fingerprint density at radius 1 is 1.06 bits per heavy atom. The van der Waals surface area contributed by atoms with Crippen molar-refractivity contribution >= 4 is 5.69 Å². The van der Waals surface area contributed by atoms with Gasteiger partial charge in [0.05, 0.1) is 25.6 Å². The number of aromatic nitrogens is 2. The Kier molecular flexibility index (Phi) is 6.65. The van der Waals surface area contributed by atoms with Crippen molar-refractivity contribution in [3.8, 4) is 17.2 Å². The molecule has 1 atom stereocenters. The van der Waals surface area contributed by atoms with E-state index in [-0.39, 0.29) is 5.82 Å². The van der Waals surface area contributed by atoms with Crippen LogP contribution >= 0.6 is 0 Å². The number of halogens is 1. The largest absolute Gasteiger partial charge is 0.493 e. The van der Waals surface area contributed by atoms with Gasteiger partial charge in [0, 0.05) is 36.6 Å². The van der Waals surface area contributed by atoms with Gasteiger partial charge in [0.25, 0.3) is 0 Å². The zero-order valence-corrected chi connectivity index (χ0v) is 19.2. The quantitative estimate of drug-likeness (QED) is 0.578. The second-order valence-corrected chi connectivity index (χ2v) is 8.40. The summed E-state index contributed by atoms with van der Waals surface area (Å²) in [5.74, 6) is 1.20. The monoisotopic (exact) mass is 438 g/mol. The maximum Gasteiger partial charge on any atom is 0.162 e. The number of ether oxygens (including phenoxy) is 2. The molecule has 1 aliphatic heterocycles. The van der Waals surface area contributed by atoms with E-state index >= 15 is 0 Å². The lowest BCUT2D eigenvalue weighted by atomic mass is 10.0. The first-order valence-electron chi connectivity index (χ1n) is 11.0. The molecule has 1 aromatic heterocycles. The van der Waals surface area contributed by atoms with Gasteiger partial charge in [-0.15, -0.1) is 0 Å². The molecule has 2 heterocycles. The molecule has 0 amide bonds. The summed E-state index contributed by atoms with van der Waals surface area (Å²) in [7, 11) is 3.28. The molecule has 0 saturated carbocycles. The van der Waals surface area contributed by atoms with E-state index < -0.39 is 0 Å². The molecule has 2 aromatic carbocycles. The predicted molar refractivity (Wildman–Crippen MR) is 124 cm³/mol. The van der Waals surface area contributed by atoms with Crippen molar-refractivity contribution in [2.45, 2.75) is 39.3 Å². The van der Waals surface area contributed by atoms with Crippen LogP contribution in [0.4, 0.5) is 10.1 Å². The van der Waals surface area contributed by atoms with Crippen molar-refractivity contribution in [3.63, 3.8) is 0 Å². The zero-order valence-electron chi connectivity index (χ0n) is 19.2. The summed E-state index contributed by atoms with van der Waals surface area (Å²) >= 11 is 0. The average molecular weight is 439 g/mol. The van der Waals surface area contributed by atoms with E-state index in [0.717, 1.165) is 54.3 Å². The number of likely N-dealkylation sites (tertiary alicyclic amines) is 1. The molecule has 0 spiro atoms. The van der Waals surface area contributed by atoms with E-state index in [1.165, 1.54) is 6.07 Å². The van der Waals surface area contributed by atoms with Gasteiger partial charge < -0.3 is 14.8 Å². The summed E-state index contributed by atoms with van der Waals surface area (Å²) in [6, 6.07) is 13.2. The highest BCUT2D eigenvalue weighted by atomic mass is 19.1. The molecule has 4 rings (SSSR count). The normalized spacial score (nSPS) is 16.7. The van der Waals surface area contributed by atoms with Gasteiger partial charge in [-0.1, -0.05) is 0 Å². The van der Waals surface area contributed by atoms with Gasteiger partial charge in [-0.05, 0) is 75.2 Å². The minimum Gasteiger partial charge on any atom is -0.493 e. The summed E-state index contributed by atoms with van der Waals surface area (Å²) in [6.07, 6.45) is 2.16. The van der Waals surface area contributed by atoms with Gasteiger partial charge in [-0.25, -0.2) is 9.07 Å². The van der Waals surface area contributed by atoms with E-state index in [2.05, 4.69) is 15.3 Å². The first-order chi connectivity index (χ1) is 15.5. The summed E-state index contributed by atoms with van der Waals surface area (Å²) in [4.78, 5) is 2.38. The maximum absolute atomic E-state index is 14.1. The van der Waals surface area contributed by atoms with Crippen LogP contribution < -0.4 is 14.8 Å². The lowest BCUT2D eigenvalue weighted by Crippen LogP contribution is -2.41. The molecule has 1 saturated heterocycles. The van der Waals surface area contributed by atoms with Crippen LogP contribution in [0, 0.1) is 19.7 Å². The van der Waals surface area contributed by atoms with Crippen LogP contribution in [0.25, 0.3) is 5.69 Å². The van der Waals surface area contributed by atoms with E-state index in [1.54, 1.807) is 20.3 Å². The van der Waals surface area contributed by atoms with Crippen LogP contribution in [0.5, 0.6) is 11.5 Å². The number of benzene rings is 2. The number of rotatable bonds is 7. The number of methoxy groups -OCH3 is 2. The molecular formula is C25H31FN4O2. The third kappa shape index (κ3) is 4.88. The predicted octanol–water partition coefficient (Wildman–Crippen LogP) is 4.72. The fraction of sp³-hybridized carbons (Fsp3) is 0.400. The zero-order chi connectivity index (χ0) is 22.7. The number of hydrogen-bond donors (Lipinski definition) is 1. The molecular weight excluding hydrogens is 407 g/mol. The van der Waals surface area contributed by atoms with Gasteiger partial charge >= 0.3 is 0 Å². The van der Waals surface area contributed by atoms with Gasteiger partial charge in [0.1, 0.15) is 5.82 Å². The average Bonchev–Trinajstić information content (AvgIpc) is 3.11. The third-order valence-electron chi connectivity index (χ3n) is 5.93. The Labute approximate surface area is 188 Å². The summed E-state index contributed by atoms with van der Waals surface area (Å²) in [5, 5.41) is 8.23. The lowest BCUT2D eigenvalue weighted by molar-refractivity contribution is 0.208. The topological polar surface area (TPSA) is 51.5 Å². The number of anilines is 1. The van der Waals surface area contributed by atoms with Crippen molar-refractivity contribution < 1.29 is 13.9 Å².